The van der Waals surface area contributed by atoms with Crippen molar-refractivity contribution in [1.82, 2.24) is 15.0 Å². The molecule has 5 heteroatoms. The number of rotatable bonds is 13. The van der Waals surface area contributed by atoms with E-state index < -0.39 is 60.7 Å². The summed E-state index contributed by atoms with van der Waals surface area (Å²) in [6, 6.07) is 47.1. The van der Waals surface area contributed by atoms with E-state index in [1.54, 1.807) is 42.5 Å². The van der Waals surface area contributed by atoms with E-state index in [1.807, 2.05) is 72.8 Å². The number of hydrogen-bond acceptors (Lipinski definition) is 4. The van der Waals surface area contributed by atoms with Crippen LogP contribution in [-0.4, -0.2) is 15.0 Å². The Morgan fingerprint density at radius 3 is 1.29 bits per heavy atom. The standard InChI is InChI=1S/C57H44FN3O/c58-51-29-28-49-48-17-10-18-50(56(48)62-57(49)55(51)47-15-8-3-9-16-47)54-32-27-41(38-61-54)21-24-44-34-42(22-19-39-25-30-52(59-36-39)45-11-4-1-5-12-45)33-43(35-44)23-20-40-26-31-53(60-37-40)46-13-6-2-7-14-46/h1-18,25-38H,19-24H2/i19D2,20D2,21D2,22D2,23D2,24D2. The first-order valence-electron chi connectivity index (χ1n) is 26.0. The van der Waals surface area contributed by atoms with E-state index >= 15 is 4.39 Å². The van der Waals surface area contributed by atoms with Gasteiger partial charge in [-0.25, -0.2) is 4.39 Å². The van der Waals surface area contributed by atoms with E-state index in [1.165, 1.54) is 54.9 Å². The minimum atomic E-state index is -3.14. The molecule has 62 heavy (non-hydrogen) atoms. The molecule has 0 unspecified atom stereocenters. The fraction of sp³-hybridized carbons (Fsp3) is 0.105. The van der Waals surface area contributed by atoms with Gasteiger partial charge in [0.1, 0.15) is 17.0 Å². The molecule has 0 aliphatic carbocycles. The lowest BCUT2D eigenvalue weighted by Gasteiger charge is -2.12. The Labute approximate surface area is 378 Å². The number of nitrogens with zero attached hydrogens (tertiary/aromatic N) is 3. The third kappa shape index (κ3) is 8.43. The van der Waals surface area contributed by atoms with E-state index in [0.29, 0.717) is 50.1 Å². The molecular weight excluding hydrogens is 762 g/mol. The second kappa shape index (κ2) is 17.6. The number of pyridine rings is 3. The van der Waals surface area contributed by atoms with Crippen LogP contribution in [-0.2, 0) is 38.2 Å². The number of halogens is 1. The summed E-state index contributed by atoms with van der Waals surface area (Å²) in [5, 5.41) is 1.34. The lowest BCUT2D eigenvalue weighted by Crippen LogP contribution is -2.00. The summed E-state index contributed by atoms with van der Waals surface area (Å²) in [5.41, 5.74) is 2.51. The Balaban J connectivity index is 1.05. The third-order valence-electron chi connectivity index (χ3n) is 10.4. The first-order valence-corrected chi connectivity index (χ1v) is 20.0. The van der Waals surface area contributed by atoms with Gasteiger partial charge in [0.15, 0.2) is 0 Å². The fourth-order valence-electron chi connectivity index (χ4n) is 7.31. The zero-order chi connectivity index (χ0) is 52.4. The maximum Gasteiger partial charge on any atom is 0.146 e. The highest BCUT2D eigenvalue weighted by Crippen LogP contribution is 2.40. The molecule has 0 N–H and O–H groups in total. The van der Waals surface area contributed by atoms with Gasteiger partial charge in [0.25, 0.3) is 0 Å². The molecule has 4 aromatic heterocycles. The van der Waals surface area contributed by atoms with Gasteiger partial charge < -0.3 is 4.42 Å². The molecule has 0 spiro atoms. The second-order valence-electron chi connectivity index (χ2n) is 14.5. The summed E-state index contributed by atoms with van der Waals surface area (Å²) in [7, 11) is 0. The van der Waals surface area contributed by atoms with Crippen molar-refractivity contribution >= 4 is 21.9 Å². The van der Waals surface area contributed by atoms with Crippen LogP contribution in [0.4, 0.5) is 4.39 Å². The Hall–Kier alpha value is -7.50. The van der Waals surface area contributed by atoms with Crippen molar-refractivity contribution in [1.29, 1.82) is 0 Å². The van der Waals surface area contributed by atoms with Crippen LogP contribution in [0.15, 0.2) is 199 Å². The van der Waals surface area contributed by atoms with E-state index in [2.05, 4.69) is 15.0 Å². The van der Waals surface area contributed by atoms with E-state index in [0.717, 1.165) is 35.5 Å². The van der Waals surface area contributed by atoms with Crippen molar-refractivity contribution < 1.29 is 25.3 Å². The summed E-state index contributed by atoms with van der Waals surface area (Å²) in [4.78, 5) is 13.4. The molecule has 0 aliphatic heterocycles. The van der Waals surface area contributed by atoms with Gasteiger partial charge in [-0.2, -0.15) is 0 Å². The normalized spacial score (nSPS) is 15.6. The van der Waals surface area contributed by atoms with Gasteiger partial charge in [-0.15, -0.1) is 0 Å². The van der Waals surface area contributed by atoms with Crippen LogP contribution in [0.3, 0.4) is 0 Å². The highest BCUT2D eigenvalue weighted by Gasteiger charge is 2.19. The quantitative estimate of drug-likeness (QED) is 0.116. The van der Waals surface area contributed by atoms with Crippen molar-refractivity contribution in [2.45, 2.75) is 38.2 Å². The molecule has 0 saturated heterocycles. The molecule has 0 bridgehead atoms. The molecule has 4 nitrogen and oxygen atoms in total. The number of furan rings is 1. The lowest BCUT2D eigenvalue weighted by atomic mass is 9.94. The molecule has 10 rings (SSSR count). The van der Waals surface area contributed by atoms with Gasteiger partial charge in [0, 0.05) is 62.5 Å². The molecule has 0 saturated carbocycles. The van der Waals surface area contributed by atoms with Gasteiger partial charge in [-0.1, -0.05) is 140 Å². The average molecular weight is 818 g/mol. The number of aryl methyl sites for hydroxylation is 6. The van der Waals surface area contributed by atoms with Crippen LogP contribution in [0.1, 0.15) is 49.8 Å². The molecule has 0 atom stereocenters. The molecule has 0 fully saturated rings. The van der Waals surface area contributed by atoms with Crippen molar-refractivity contribution in [3.8, 4) is 44.9 Å². The number of para-hydroxylation sites is 1. The first-order chi connectivity index (χ1) is 35.1. The van der Waals surface area contributed by atoms with Crippen molar-refractivity contribution in [2.75, 3.05) is 0 Å². The molecule has 10 aromatic rings. The zero-order valence-electron chi connectivity index (χ0n) is 45.1. The van der Waals surface area contributed by atoms with Crippen molar-refractivity contribution in [3.05, 3.63) is 234 Å². The topological polar surface area (TPSA) is 51.8 Å². The fourth-order valence-corrected chi connectivity index (χ4v) is 7.31. The summed E-state index contributed by atoms with van der Waals surface area (Å²) >= 11 is 0. The molecule has 300 valence electrons. The Kier molecular flexibility index (Phi) is 7.77. The van der Waals surface area contributed by atoms with Crippen LogP contribution in [0.5, 0.6) is 0 Å². The van der Waals surface area contributed by atoms with Gasteiger partial charge in [0.2, 0.25) is 0 Å². The van der Waals surface area contributed by atoms with Gasteiger partial charge in [0.05, 0.1) is 22.6 Å². The first kappa shape index (κ1) is 27.4. The molecule has 4 heterocycles. The summed E-state index contributed by atoms with van der Waals surface area (Å²) in [5.74, 6) is -0.470. The maximum absolute atomic E-state index is 15.4. The molecular formula is C57H44FN3O. The summed E-state index contributed by atoms with van der Waals surface area (Å²) in [6.07, 6.45) is -14.6. The van der Waals surface area contributed by atoms with Gasteiger partial charge in [-0.05, 0) is 114 Å². The average Bonchev–Trinajstić information content (AvgIpc) is 3.80. The summed E-state index contributed by atoms with van der Waals surface area (Å²) in [6.45, 7) is 0. The third-order valence-corrected chi connectivity index (χ3v) is 10.4. The van der Waals surface area contributed by atoms with Crippen LogP contribution < -0.4 is 0 Å². The minimum absolute atomic E-state index is 0.191. The Morgan fingerprint density at radius 1 is 0.387 bits per heavy atom. The SMILES string of the molecule is [2H]C([2H])(c1ccc(-c2ccccc2)nc1)C([2H])([2H])c1cc(C([2H])([2H])C([2H])([2H])c2ccc(-c3ccccc3)nc2)cc(C([2H])([2H])C([2H])([2H])c2ccc(-c3cccc4c3oc3c(-c5ccccc5)c(F)ccc34)nc2)c1. The van der Waals surface area contributed by atoms with E-state index in [-0.39, 0.29) is 22.3 Å². The zero-order valence-corrected chi connectivity index (χ0v) is 33.1. The van der Waals surface area contributed by atoms with E-state index in [9.17, 15) is 16.4 Å². The smallest absolute Gasteiger partial charge is 0.146 e. The number of hydrogen-bond donors (Lipinski definition) is 0. The van der Waals surface area contributed by atoms with Crippen LogP contribution in [0.2, 0.25) is 0 Å². The molecule has 0 amide bonds. The predicted molar refractivity (Wildman–Crippen MR) is 250 cm³/mol. The predicted octanol–water partition coefficient (Wildman–Crippen LogP) is 13.9. The lowest BCUT2D eigenvalue weighted by molar-refractivity contribution is 0.622. The molecule has 6 aromatic carbocycles. The Bertz CT molecular complexity index is 3550. The van der Waals surface area contributed by atoms with Crippen LogP contribution >= 0.6 is 0 Å². The van der Waals surface area contributed by atoms with Crippen molar-refractivity contribution in [2.24, 2.45) is 0 Å². The molecule has 0 radical (unpaired) electrons. The number of fused-ring (bicyclic) bond motifs is 3. The highest BCUT2D eigenvalue weighted by atomic mass is 19.1. The Morgan fingerprint density at radius 2 is 0.823 bits per heavy atom. The minimum Gasteiger partial charge on any atom is -0.455 e. The maximum atomic E-state index is 15.4. The largest absolute Gasteiger partial charge is 0.455 e. The van der Waals surface area contributed by atoms with Gasteiger partial charge in [-0.3, -0.25) is 15.0 Å². The second-order valence-corrected chi connectivity index (χ2v) is 14.5. The monoisotopic (exact) mass is 817 g/mol. The van der Waals surface area contributed by atoms with Crippen molar-refractivity contribution in [3.63, 3.8) is 0 Å². The summed E-state index contributed by atoms with van der Waals surface area (Å²) < 4.78 is 134. The van der Waals surface area contributed by atoms with Crippen LogP contribution in [0.25, 0.3) is 66.8 Å². The van der Waals surface area contributed by atoms with Gasteiger partial charge >= 0.3 is 0 Å². The molecule has 0 aliphatic rings. The number of benzene rings is 6. The highest BCUT2D eigenvalue weighted by molar-refractivity contribution is 6.12. The number of aromatic nitrogens is 3. The van der Waals surface area contributed by atoms with Crippen LogP contribution in [0, 0.1) is 5.82 Å². The van der Waals surface area contributed by atoms with E-state index in [4.69, 9.17) is 4.42 Å².